The lowest BCUT2D eigenvalue weighted by molar-refractivity contribution is -0.141. The number of methoxy groups -OCH3 is 3. The number of fused-ring (bicyclic) bond motifs is 1. The summed E-state index contributed by atoms with van der Waals surface area (Å²) < 4.78 is 22.7. The van der Waals surface area contributed by atoms with Gasteiger partial charge < -0.3 is 34.5 Å². The van der Waals surface area contributed by atoms with Crippen molar-refractivity contribution in [2.75, 3.05) is 33.2 Å². The zero-order chi connectivity index (χ0) is 31.0. The highest BCUT2D eigenvalue weighted by atomic mass is 16.5. The van der Waals surface area contributed by atoms with E-state index >= 15 is 0 Å². The summed E-state index contributed by atoms with van der Waals surface area (Å²) in [6.45, 7) is 2.44. The van der Waals surface area contributed by atoms with E-state index in [0.29, 0.717) is 35.3 Å². The van der Waals surface area contributed by atoms with Gasteiger partial charge in [-0.05, 0) is 55.0 Å². The molecule has 10 nitrogen and oxygen atoms in total. The van der Waals surface area contributed by atoms with Gasteiger partial charge in [0.05, 0.1) is 39.3 Å². The van der Waals surface area contributed by atoms with E-state index in [0.717, 1.165) is 31.2 Å². The Morgan fingerprint density at radius 2 is 1.80 bits per heavy atom. The molecule has 10 heteroatoms. The van der Waals surface area contributed by atoms with Crippen LogP contribution in [-0.4, -0.2) is 74.3 Å². The van der Waals surface area contributed by atoms with Crippen LogP contribution in [0.15, 0.2) is 54.6 Å². The Morgan fingerprint density at radius 1 is 1.00 bits per heavy atom. The number of carbonyl (C=O) groups excluding carboxylic acids is 3. The van der Waals surface area contributed by atoms with Crippen LogP contribution < -0.4 is 24.8 Å². The minimum absolute atomic E-state index is 0.0317. The number of likely N-dealkylation sites (tertiary alicyclic amines) is 1. The predicted octanol–water partition coefficient (Wildman–Crippen LogP) is 3.74. The molecule has 1 aliphatic carbocycles. The molecule has 6 rings (SSSR count). The number of carbonyl (C=O) groups is 3. The fraction of sp³-hybridized carbons (Fsp3) is 0.500. The van der Waals surface area contributed by atoms with Crippen molar-refractivity contribution in [1.82, 2.24) is 10.2 Å². The molecule has 2 saturated heterocycles. The van der Waals surface area contributed by atoms with E-state index in [9.17, 15) is 14.4 Å². The van der Waals surface area contributed by atoms with Gasteiger partial charge in [-0.3, -0.25) is 14.4 Å². The molecule has 4 aliphatic rings. The molecule has 3 amide bonds. The fourth-order valence-electron chi connectivity index (χ4n) is 7.51. The van der Waals surface area contributed by atoms with E-state index in [2.05, 4.69) is 17.6 Å². The van der Waals surface area contributed by atoms with Gasteiger partial charge in [-0.1, -0.05) is 44.1 Å². The zero-order valence-corrected chi connectivity index (χ0v) is 25.7. The molecule has 2 aromatic carbocycles. The second-order valence-electron chi connectivity index (χ2n) is 12.3. The van der Waals surface area contributed by atoms with Crippen LogP contribution in [0.5, 0.6) is 17.2 Å². The molecular formula is C34H41N3O7. The van der Waals surface area contributed by atoms with Crippen molar-refractivity contribution in [1.29, 1.82) is 0 Å². The molecule has 3 aliphatic heterocycles. The summed E-state index contributed by atoms with van der Waals surface area (Å²) in [5, 5.41) is 6.24. The number of hydrogen-bond acceptors (Lipinski definition) is 7. The molecule has 3 fully saturated rings. The van der Waals surface area contributed by atoms with Crippen LogP contribution in [0.3, 0.4) is 0 Å². The standard InChI is InChI=1S/C34H41N3O7/c1-20-8-5-6-11-24(20)36-32(39)30-34-16-14-26(44-34)28(31(38)35-22-9-7-10-23(19-22)41-2)29(34)33(40)37(30)17-15-21-12-13-25(42-3)27(18-21)43-4/h7,9-10,12-14,16,18-20,24,26,28-30H,5-6,8,11,15,17H2,1-4H3,(H,35,38)(H,36,39)/t20?,24?,26-,28?,29-,30?,34?/m0/s1. The molecule has 5 unspecified atom stereocenters. The minimum atomic E-state index is -1.22. The maximum atomic E-state index is 14.3. The lowest BCUT2D eigenvalue weighted by Gasteiger charge is -2.36. The second-order valence-corrected chi connectivity index (χ2v) is 12.3. The van der Waals surface area contributed by atoms with Crippen molar-refractivity contribution in [2.45, 2.75) is 62.8 Å². The Hall–Kier alpha value is -4.05. The van der Waals surface area contributed by atoms with E-state index in [-0.39, 0.29) is 30.3 Å². The lowest BCUT2D eigenvalue weighted by Crippen LogP contribution is -2.57. The average Bonchev–Trinajstić information content (AvgIpc) is 3.68. The summed E-state index contributed by atoms with van der Waals surface area (Å²) >= 11 is 0. The van der Waals surface area contributed by atoms with E-state index in [4.69, 9.17) is 18.9 Å². The van der Waals surface area contributed by atoms with Crippen LogP contribution in [0, 0.1) is 17.8 Å². The fourth-order valence-corrected chi connectivity index (χ4v) is 7.51. The largest absolute Gasteiger partial charge is 0.497 e. The van der Waals surface area contributed by atoms with Crippen molar-refractivity contribution in [3.05, 3.63) is 60.2 Å². The Morgan fingerprint density at radius 3 is 2.55 bits per heavy atom. The normalized spacial score (nSPS) is 30.2. The van der Waals surface area contributed by atoms with Crippen molar-refractivity contribution in [2.24, 2.45) is 17.8 Å². The Bertz CT molecular complexity index is 1460. The number of anilines is 1. The minimum Gasteiger partial charge on any atom is -0.497 e. The van der Waals surface area contributed by atoms with Gasteiger partial charge in [0.15, 0.2) is 11.5 Å². The van der Waals surface area contributed by atoms with Crippen LogP contribution in [0.4, 0.5) is 5.69 Å². The molecule has 7 atom stereocenters. The molecule has 0 aromatic heterocycles. The third-order valence-electron chi connectivity index (χ3n) is 9.79. The third kappa shape index (κ3) is 5.19. The number of benzene rings is 2. The molecule has 2 aromatic rings. The van der Waals surface area contributed by atoms with Gasteiger partial charge in [-0.2, -0.15) is 0 Å². The van der Waals surface area contributed by atoms with E-state index in [1.807, 2.05) is 30.4 Å². The molecule has 2 N–H and O–H groups in total. The molecule has 44 heavy (non-hydrogen) atoms. The molecule has 3 heterocycles. The van der Waals surface area contributed by atoms with Gasteiger partial charge in [-0.25, -0.2) is 0 Å². The summed E-state index contributed by atoms with van der Waals surface area (Å²) in [5.74, 6) is -0.261. The third-order valence-corrected chi connectivity index (χ3v) is 9.79. The number of nitrogens with one attached hydrogen (secondary N) is 2. The zero-order valence-electron chi connectivity index (χ0n) is 25.7. The van der Waals surface area contributed by atoms with Crippen LogP contribution >= 0.6 is 0 Å². The first-order valence-corrected chi connectivity index (χ1v) is 15.4. The number of ether oxygens (including phenoxy) is 4. The van der Waals surface area contributed by atoms with Gasteiger partial charge in [0.1, 0.15) is 17.4 Å². The van der Waals surface area contributed by atoms with E-state index in [1.165, 1.54) is 0 Å². The number of rotatable bonds is 10. The first-order valence-electron chi connectivity index (χ1n) is 15.4. The van der Waals surface area contributed by atoms with Crippen molar-refractivity contribution in [3.8, 4) is 17.2 Å². The quantitative estimate of drug-likeness (QED) is 0.398. The van der Waals surface area contributed by atoms with Gasteiger partial charge in [0, 0.05) is 24.3 Å². The molecule has 0 radical (unpaired) electrons. The Labute approximate surface area is 258 Å². The van der Waals surface area contributed by atoms with Gasteiger partial charge in [0.25, 0.3) is 0 Å². The molecule has 2 bridgehead atoms. The highest BCUT2D eigenvalue weighted by molar-refractivity contribution is 6.02. The lowest BCUT2D eigenvalue weighted by atomic mass is 9.74. The predicted molar refractivity (Wildman–Crippen MR) is 164 cm³/mol. The monoisotopic (exact) mass is 603 g/mol. The highest BCUT2D eigenvalue weighted by Crippen LogP contribution is 2.55. The number of hydrogen-bond donors (Lipinski definition) is 2. The van der Waals surface area contributed by atoms with Crippen LogP contribution in [-0.2, 0) is 25.5 Å². The maximum Gasteiger partial charge on any atom is 0.246 e. The van der Waals surface area contributed by atoms with Crippen molar-refractivity contribution >= 4 is 23.4 Å². The van der Waals surface area contributed by atoms with E-state index in [1.54, 1.807) is 50.5 Å². The van der Waals surface area contributed by atoms with Crippen LogP contribution in [0.25, 0.3) is 0 Å². The van der Waals surface area contributed by atoms with Crippen LogP contribution in [0.2, 0.25) is 0 Å². The first kappa shape index (κ1) is 30.0. The Balaban J connectivity index is 1.29. The van der Waals surface area contributed by atoms with Crippen molar-refractivity contribution < 1.29 is 33.3 Å². The van der Waals surface area contributed by atoms with Gasteiger partial charge >= 0.3 is 0 Å². The van der Waals surface area contributed by atoms with Gasteiger partial charge in [-0.15, -0.1) is 0 Å². The smallest absolute Gasteiger partial charge is 0.246 e. The topological polar surface area (TPSA) is 115 Å². The number of amides is 3. The molecule has 1 saturated carbocycles. The first-order chi connectivity index (χ1) is 21.3. The summed E-state index contributed by atoms with van der Waals surface area (Å²) in [7, 11) is 4.72. The van der Waals surface area contributed by atoms with Crippen LogP contribution in [0.1, 0.15) is 38.2 Å². The highest BCUT2D eigenvalue weighted by Gasteiger charge is 2.72. The Kier molecular flexibility index (Phi) is 8.28. The summed E-state index contributed by atoms with van der Waals surface area (Å²) in [5.41, 5.74) is 0.266. The van der Waals surface area contributed by atoms with Crippen molar-refractivity contribution in [3.63, 3.8) is 0 Å². The average molecular weight is 604 g/mol. The summed E-state index contributed by atoms with van der Waals surface area (Å²) in [6.07, 6.45) is 7.72. The van der Waals surface area contributed by atoms with Gasteiger partial charge in [0.2, 0.25) is 17.7 Å². The number of nitrogens with zero attached hydrogens (tertiary/aromatic N) is 1. The molecule has 1 spiro atoms. The maximum absolute atomic E-state index is 14.3. The molecular weight excluding hydrogens is 562 g/mol. The van der Waals surface area contributed by atoms with E-state index < -0.39 is 29.6 Å². The SMILES string of the molecule is COc1cccc(NC(=O)C2[C@@H]3C=CC4(O3)C(C(=O)NC3CCCCC3C)N(CCc3ccc(OC)c(OC)c3)C(=O)[C@H]24)c1. The summed E-state index contributed by atoms with van der Waals surface area (Å²) in [6, 6.07) is 11.8. The second kappa shape index (κ2) is 12.1. The summed E-state index contributed by atoms with van der Waals surface area (Å²) in [4.78, 5) is 44.0. The molecule has 234 valence electrons.